The van der Waals surface area contributed by atoms with Crippen LogP contribution < -0.4 is 5.32 Å². The van der Waals surface area contributed by atoms with Crippen LogP contribution in [0, 0.1) is 0 Å². The van der Waals surface area contributed by atoms with Gasteiger partial charge in [0.2, 0.25) is 0 Å². The van der Waals surface area contributed by atoms with Crippen molar-refractivity contribution < 1.29 is 9.53 Å². The first kappa shape index (κ1) is 12.8. The predicted molar refractivity (Wildman–Crippen MR) is 67.5 cm³/mol. The van der Waals surface area contributed by atoms with Crippen LogP contribution in [0.1, 0.15) is 23.8 Å². The third-order valence-corrected chi connectivity index (χ3v) is 2.71. The van der Waals surface area contributed by atoms with E-state index in [0.29, 0.717) is 37.8 Å². The summed E-state index contributed by atoms with van der Waals surface area (Å²) in [6.07, 6.45) is 4.14. The molecule has 0 spiro atoms. The van der Waals surface area contributed by atoms with Gasteiger partial charge in [-0.2, -0.15) is 0 Å². The van der Waals surface area contributed by atoms with Crippen molar-refractivity contribution in [3.63, 3.8) is 0 Å². The molecule has 1 N–H and O–H groups in total. The maximum Gasteiger partial charge on any atom is 0.274 e. The minimum atomic E-state index is -0.0778. The number of hydrogen-bond acceptors (Lipinski definition) is 5. The Morgan fingerprint density at radius 3 is 2.94 bits per heavy atom. The first-order valence-corrected chi connectivity index (χ1v) is 6.24. The molecule has 0 aliphatic carbocycles. The van der Waals surface area contributed by atoms with Gasteiger partial charge in [0.05, 0.1) is 25.6 Å². The number of ether oxygens (including phenoxy) is 1. The summed E-state index contributed by atoms with van der Waals surface area (Å²) < 4.78 is 5.22. The smallest absolute Gasteiger partial charge is 0.274 e. The predicted octanol–water partition coefficient (Wildman–Crippen LogP) is 0.771. The number of rotatable bonds is 4. The number of hydrogen-bond donors (Lipinski definition) is 1. The number of aromatic nitrogens is 2. The van der Waals surface area contributed by atoms with Crippen LogP contribution in [0.4, 0.5) is 5.82 Å². The van der Waals surface area contributed by atoms with Gasteiger partial charge in [-0.05, 0) is 6.42 Å². The molecular weight excluding hydrogens is 232 g/mol. The molecule has 0 saturated carbocycles. The number of morpholine rings is 1. The Hall–Kier alpha value is -1.69. The number of nitrogens with one attached hydrogen (secondary N) is 1. The lowest BCUT2D eigenvalue weighted by molar-refractivity contribution is 0.0299. The van der Waals surface area contributed by atoms with Crippen molar-refractivity contribution in [2.45, 2.75) is 13.3 Å². The van der Waals surface area contributed by atoms with Gasteiger partial charge in [0.1, 0.15) is 11.5 Å². The summed E-state index contributed by atoms with van der Waals surface area (Å²) in [5.74, 6) is 0.571. The largest absolute Gasteiger partial charge is 0.378 e. The molecule has 0 radical (unpaired) electrons. The highest BCUT2D eigenvalue weighted by molar-refractivity contribution is 5.92. The first-order valence-electron chi connectivity index (χ1n) is 6.24. The maximum atomic E-state index is 12.2. The molecule has 1 aliphatic heterocycles. The fourth-order valence-electron chi connectivity index (χ4n) is 1.74. The van der Waals surface area contributed by atoms with Gasteiger partial charge in [0.15, 0.2) is 0 Å². The molecule has 1 fully saturated rings. The molecule has 1 aliphatic rings. The lowest BCUT2D eigenvalue weighted by Crippen LogP contribution is -2.41. The standard InChI is InChI=1S/C12H18N4O2/c1-2-3-14-11-9-13-8-10(15-11)12(17)16-4-6-18-7-5-16/h8-9H,2-7H2,1H3,(H,14,15). The number of carbonyl (C=O) groups excluding carboxylic acids is 1. The van der Waals surface area contributed by atoms with Crippen LogP contribution in [0.3, 0.4) is 0 Å². The lowest BCUT2D eigenvalue weighted by Gasteiger charge is -2.26. The van der Waals surface area contributed by atoms with Gasteiger partial charge in [-0.25, -0.2) is 4.98 Å². The van der Waals surface area contributed by atoms with Crippen molar-refractivity contribution >= 4 is 11.7 Å². The van der Waals surface area contributed by atoms with Gasteiger partial charge < -0.3 is 15.0 Å². The SMILES string of the molecule is CCCNc1cncc(C(=O)N2CCOCC2)n1. The Bertz CT molecular complexity index is 405. The fraction of sp³-hybridized carbons (Fsp3) is 0.583. The molecule has 98 valence electrons. The highest BCUT2D eigenvalue weighted by Gasteiger charge is 2.20. The summed E-state index contributed by atoms with van der Waals surface area (Å²) in [4.78, 5) is 22.2. The van der Waals surface area contributed by atoms with E-state index >= 15 is 0 Å². The number of carbonyl (C=O) groups is 1. The van der Waals surface area contributed by atoms with Crippen molar-refractivity contribution in [3.05, 3.63) is 18.1 Å². The lowest BCUT2D eigenvalue weighted by atomic mass is 10.3. The van der Waals surface area contributed by atoms with Gasteiger partial charge in [-0.1, -0.05) is 6.92 Å². The van der Waals surface area contributed by atoms with Crippen LogP contribution >= 0.6 is 0 Å². The molecule has 1 aromatic rings. The van der Waals surface area contributed by atoms with E-state index < -0.39 is 0 Å². The summed E-state index contributed by atoms with van der Waals surface area (Å²) in [6.45, 7) is 5.31. The molecule has 6 heteroatoms. The molecule has 1 aromatic heterocycles. The highest BCUT2D eigenvalue weighted by atomic mass is 16.5. The summed E-state index contributed by atoms with van der Waals surface area (Å²) >= 11 is 0. The highest BCUT2D eigenvalue weighted by Crippen LogP contribution is 2.07. The number of amides is 1. The Balaban J connectivity index is 2.04. The Morgan fingerprint density at radius 2 is 2.22 bits per heavy atom. The molecule has 18 heavy (non-hydrogen) atoms. The molecule has 0 atom stereocenters. The average molecular weight is 250 g/mol. The van der Waals surface area contributed by atoms with Crippen LogP contribution in [0.2, 0.25) is 0 Å². The van der Waals surface area contributed by atoms with E-state index in [1.54, 1.807) is 11.1 Å². The Labute approximate surface area is 106 Å². The molecule has 1 amide bonds. The minimum absolute atomic E-state index is 0.0778. The van der Waals surface area contributed by atoms with E-state index in [1.165, 1.54) is 6.20 Å². The third kappa shape index (κ3) is 3.16. The molecule has 0 bridgehead atoms. The van der Waals surface area contributed by atoms with Crippen molar-refractivity contribution in [3.8, 4) is 0 Å². The van der Waals surface area contributed by atoms with Crippen LogP contribution in [0.15, 0.2) is 12.4 Å². The van der Waals surface area contributed by atoms with E-state index in [0.717, 1.165) is 13.0 Å². The summed E-state index contributed by atoms with van der Waals surface area (Å²) in [5.41, 5.74) is 0.387. The fourth-order valence-corrected chi connectivity index (χ4v) is 1.74. The molecule has 2 rings (SSSR count). The van der Waals surface area contributed by atoms with E-state index in [-0.39, 0.29) is 5.91 Å². The number of anilines is 1. The summed E-state index contributed by atoms with van der Waals surface area (Å²) in [5, 5.41) is 3.12. The molecule has 6 nitrogen and oxygen atoms in total. The van der Waals surface area contributed by atoms with E-state index in [2.05, 4.69) is 22.2 Å². The van der Waals surface area contributed by atoms with Crippen molar-refractivity contribution in [2.24, 2.45) is 0 Å². The summed E-state index contributed by atoms with van der Waals surface area (Å²) in [7, 11) is 0. The molecular formula is C12H18N4O2. The van der Waals surface area contributed by atoms with Gasteiger partial charge in [0, 0.05) is 19.6 Å². The Kier molecular flexibility index (Phi) is 4.46. The molecule has 2 heterocycles. The summed E-state index contributed by atoms with van der Waals surface area (Å²) in [6, 6.07) is 0. The number of nitrogens with zero attached hydrogens (tertiary/aromatic N) is 3. The first-order chi connectivity index (χ1) is 8.81. The van der Waals surface area contributed by atoms with E-state index in [9.17, 15) is 4.79 Å². The maximum absolute atomic E-state index is 12.2. The quantitative estimate of drug-likeness (QED) is 0.855. The topological polar surface area (TPSA) is 67.4 Å². The van der Waals surface area contributed by atoms with Crippen LogP contribution in [-0.4, -0.2) is 53.6 Å². The Morgan fingerprint density at radius 1 is 1.44 bits per heavy atom. The van der Waals surface area contributed by atoms with Crippen molar-refractivity contribution in [2.75, 3.05) is 38.2 Å². The normalized spacial score (nSPS) is 15.5. The van der Waals surface area contributed by atoms with Gasteiger partial charge in [-0.15, -0.1) is 0 Å². The second kappa shape index (κ2) is 6.30. The van der Waals surface area contributed by atoms with Gasteiger partial charge >= 0.3 is 0 Å². The second-order valence-electron chi connectivity index (χ2n) is 4.12. The molecule has 0 unspecified atom stereocenters. The molecule has 0 aromatic carbocycles. The zero-order chi connectivity index (χ0) is 12.8. The van der Waals surface area contributed by atoms with Crippen LogP contribution in [0.25, 0.3) is 0 Å². The zero-order valence-corrected chi connectivity index (χ0v) is 10.6. The van der Waals surface area contributed by atoms with Gasteiger partial charge in [-0.3, -0.25) is 9.78 Å². The third-order valence-electron chi connectivity index (χ3n) is 2.71. The van der Waals surface area contributed by atoms with Crippen molar-refractivity contribution in [1.82, 2.24) is 14.9 Å². The van der Waals surface area contributed by atoms with E-state index in [4.69, 9.17) is 4.74 Å². The van der Waals surface area contributed by atoms with Crippen LogP contribution in [-0.2, 0) is 4.74 Å². The van der Waals surface area contributed by atoms with Gasteiger partial charge in [0.25, 0.3) is 5.91 Å². The van der Waals surface area contributed by atoms with Crippen LogP contribution in [0.5, 0.6) is 0 Å². The van der Waals surface area contributed by atoms with E-state index in [1.807, 2.05) is 0 Å². The average Bonchev–Trinajstić information content (AvgIpc) is 2.45. The monoisotopic (exact) mass is 250 g/mol. The zero-order valence-electron chi connectivity index (χ0n) is 10.6. The molecule has 1 saturated heterocycles. The minimum Gasteiger partial charge on any atom is -0.378 e. The van der Waals surface area contributed by atoms with Crippen molar-refractivity contribution in [1.29, 1.82) is 0 Å². The second-order valence-corrected chi connectivity index (χ2v) is 4.12.